The molecule has 1 aliphatic rings. The lowest BCUT2D eigenvalue weighted by Gasteiger charge is -2.35. The molecule has 0 radical (unpaired) electrons. The summed E-state index contributed by atoms with van der Waals surface area (Å²) in [4.78, 5) is 0. The number of nitrogens with one attached hydrogen (secondary N) is 1. The average Bonchev–Trinajstić information content (AvgIpc) is 2.27. The van der Waals surface area contributed by atoms with Crippen LogP contribution in [-0.4, -0.2) is 23.6 Å². The van der Waals surface area contributed by atoms with E-state index in [0.717, 1.165) is 29.2 Å². The molecule has 1 fully saturated rings. The van der Waals surface area contributed by atoms with Gasteiger partial charge < -0.3 is 5.32 Å². The standard InChI is InChI=1S/C16H33NS/c1-12(2)10-14(11-13(3)4)17-15-8-6-7-9-16(15)18-5/h12-17H,6-11H2,1-5H3. The fourth-order valence-corrected chi connectivity index (χ4v) is 4.19. The zero-order chi connectivity index (χ0) is 13.5. The van der Waals surface area contributed by atoms with Crippen LogP contribution in [0.5, 0.6) is 0 Å². The van der Waals surface area contributed by atoms with E-state index in [1.807, 2.05) is 0 Å². The molecule has 2 unspecified atom stereocenters. The molecule has 0 heterocycles. The van der Waals surface area contributed by atoms with Gasteiger partial charge in [-0.25, -0.2) is 0 Å². The summed E-state index contributed by atoms with van der Waals surface area (Å²) >= 11 is 2.07. The van der Waals surface area contributed by atoms with Crippen molar-refractivity contribution in [1.29, 1.82) is 0 Å². The van der Waals surface area contributed by atoms with Crippen molar-refractivity contribution in [3.8, 4) is 0 Å². The third kappa shape index (κ3) is 5.97. The summed E-state index contributed by atoms with van der Waals surface area (Å²) in [5.74, 6) is 1.61. The Hall–Kier alpha value is 0.310. The summed E-state index contributed by atoms with van der Waals surface area (Å²) in [6.07, 6.45) is 10.6. The van der Waals surface area contributed by atoms with Gasteiger partial charge in [-0.2, -0.15) is 11.8 Å². The molecule has 18 heavy (non-hydrogen) atoms. The SMILES string of the molecule is CSC1CCCCC1NC(CC(C)C)CC(C)C. The van der Waals surface area contributed by atoms with Crippen LogP contribution < -0.4 is 5.32 Å². The van der Waals surface area contributed by atoms with Crippen molar-refractivity contribution >= 4 is 11.8 Å². The minimum absolute atomic E-state index is 0.725. The molecule has 0 aromatic rings. The predicted molar refractivity (Wildman–Crippen MR) is 85.4 cm³/mol. The summed E-state index contributed by atoms with van der Waals surface area (Å²) in [5, 5.41) is 4.85. The van der Waals surface area contributed by atoms with Crippen LogP contribution in [0.1, 0.15) is 66.2 Å². The second-order valence-corrected chi connectivity index (χ2v) is 7.86. The van der Waals surface area contributed by atoms with Crippen LogP contribution in [-0.2, 0) is 0 Å². The quantitative estimate of drug-likeness (QED) is 0.719. The summed E-state index contributed by atoms with van der Waals surface area (Å²) in [5.41, 5.74) is 0. The lowest BCUT2D eigenvalue weighted by molar-refractivity contribution is 0.290. The van der Waals surface area contributed by atoms with Crippen molar-refractivity contribution in [3.05, 3.63) is 0 Å². The van der Waals surface area contributed by atoms with E-state index in [1.54, 1.807) is 0 Å². The molecule has 1 N–H and O–H groups in total. The monoisotopic (exact) mass is 271 g/mol. The molecule has 0 saturated heterocycles. The van der Waals surface area contributed by atoms with Crippen LogP contribution in [0.2, 0.25) is 0 Å². The summed E-state index contributed by atoms with van der Waals surface area (Å²) in [6, 6.07) is 1.49. The summed E-state index contributed by atoms with van der Waals surface area (Å²) in [6.45, 7) is 9.40. The maximum atomic E-state index is 4.00. The van der Waals surface area contributed by atoms with Gasteiger partial charge in [0.15, 0.2) is 0 Å². The smallest absolute Gasteiger partial charge is 0.0198 e. The van der Waals surface area contributed by atoms with Gasteiger partial charge in [-0.3, -0.25) is 0 Å². The Morgan fingerprint density at radius 2 is 1.56 bits per heavy atom. The third-order valence-electron chi connectivity index (χ3n) is 3.97. The maximum Gasteiger partial charge on any atom is 0.0198 e. The van der Waals surface area contributed by atoms with Gasteiger partial charge in [0.1, 0.15) is 0 Å². The lowest BCUT2D eigenvalue weighted by Crippen LogP contribution is -2.46. The van der Waals surface area contributed by atoms with E-state index in [0.29, 0.717) is 0 Å². The van der Waals surface area contributed by atoms with Gasteiger partial charge in [-0.1, -0.05) is 40.5 Å². The largest absolute Gasteiger partial charge is 0.310 e. The zero-order valence-electron chi connectivity index (χ0n) is 13.0. The molecule has 1 aliphatic carbocycles. The first-order chi connectivity index (χ1) is 8.52. The Labute approximate surface area is 119 Å². The van der Waals surface area contributed by atoms with E-state index >= 15 is 0 Å². The minimum atomic E-state index is 0.725. The molecular weight excluding hydrogens is 238 g/mol. The number of rotatable bonds is 7. The Morgan fingerprint density at radius 1 is 1.00 bits per heavy atom. The van der Waals surface area contributed by atoms with Gasteiger partial charge in [-0.15, -0.1) is 0 Å². The van der Waals surface area contributed by atoms with Gasteiger partial charge in [0.2, 0.25) is 0 Å². The van der Waals surface area contributed by atoms with Gasteiger partial charge in [0, 0.05) is 17.3 Å². The van der Waals surface area contributed by atoms with Crippen molar-refractivity contribution in [3.63, 3.8) is 0 Å². The van der Waals surface area contributed by atoms with Crippen LogP contribution in [0.25, 0.3) is 0 Å². The highest BCUT2D eigenvalue weighted by Gasteiger charge is 2.26. The third-order valence-corrected chi connectivity index (χ3v) is 5.14. The van der Waals surface area contributed by atoms with E-state index in [4.69, 9.17) is 0 Å². The van der Waals surface area contributed by atoms with E-state index in [-0.39, 0.29) is 0 Å². The molecule has 2 atom stereocenters. The zero-order valence-corrected chi connectivity index (χ0v) is 13.9. The first-order valence-electron chi connectivity index (χ1n) is 7.81. The summed E-state index contributed by atoms with van der Waals surface area (Å²) in [7, 11) is 0. The molecular formula is C16H33NS. The topological polar surface area (TPSA) is 12.0 Å². The lowest BCUT2D eigenvalue weighted by atomic mass is 9.90. The molecule has 2 heteroatoms. The Morgan fingerprint density at radius 3 is 2.06 bits per heavy atom. The average molecular weight is 272 g/mol. The van der Waals surface area contributed by atoms with Crippen LogP contribution >= 0.6 is 11.8 Å². The highest BCUT2D eigenvalue weighted by Crippen LogP contribution is 2.28. The maximum absolute atomic E-state index is 4.00. The van der Waals surface area contributed by atoms with Crippen LogP contribution in [0.15, 0.2) is 0 Å². The highest BCUT2D eigenvalue weighted by atomic mass is 32.2. The predicted octanol–water partition coefficient (Wildman–Crippen LogP) is 4.71. The molecule has 1 rings (SSSR count). The van der Waals surface area contributed by atoms with Crippen molar-refractivity contribution in [2.75, 3.05) is 6.26 Å². The molecule has 1 saturated carbocycles. The summed E-state index contributed by atoms with van der Waals surface area (Å²) < 4.78 is 0. The normalized spacial score (nSPS) is 25.3. The van der Waals surface area contributed by atoms with Crippen LogP contribution in [0.4, 0.5) is 0 Å². The van der Waals surface area contributed by atoms with Gasteiger partial charge in [0.25, 0.3) is 0 Å². The minimum Gasteiger partial charge on any atom is -0.310 e. The molecule has 0 amide bonds. The van der Waals surface area contributed by atoms with Crippen LogP contribution in [0.3, 0.4) is 0 Å². The number of hydrogen-bond acceptors (Lipinski definition) is 2. The van der Waals surface area contributed by atoms with Crippen molar-refractivity contribution < 1.29 is 0 Å². The molecule has 1 nitrogen and oxygen atoms in total. The van der Waals surface area contributed by atoms with Crippen molar-refractivity contribution in [2.24, 2.45) is 11.8 Å². The van der Waals surface area contributed by atoms with Gasteiger partial charge in [0.05, 0.1) is 0 Å². The molecule has 0 spiro atoms. The molecule has 0 aliphatic heterocycles. The van der Waals surface area contributed by atoms with Crippen molar-refractivity contribution in [2.45, 2.75) is 83.6 Å². The highest BCUT2D eigenvalue weighted by molar-refractivity contribution is 7.99. The number of thioether (sulfide) groups is 1. The molecule has 0 bridgehead atoms. The Bertz CT molecular complexity index is 205. The van der Waals surface area contributed by atoms with E-state index in [1.165, 1.54) is 38.5 Å². The van der Waals surface area contributed by atoms with E-state index in [9.17, 15) is 0 Å². The van der Waals surface area contributed by atoms with Crippen LogP contribution in [0, 0.1) is 11.8 Å². The van der Waals surface area contributed by atoms with Gasteiger partial charge in [-0.05, 0) is 43.8 Å². The second-order valence-electron chi connectivity index (χ2n) is 6.79. The molecule has 0 aromatic carbocycles. The first-order valence-corrected chi connectivity index (χ1v) is 9.10. The van der Waals surface area contributed by atoms with E-state index in [2.05, 4.69) is 51.0 Å². The Balaban J connectivity index is 2.51. The van der Waals surface area contributed by atoms with E-state index < -0.39 is 0 Å². The Kier molecular flexibility index (Phi) is 7.70. The molecule has 0 aromatic heterocycles. The fourth-order valence-electron chi connectivity index (χ4n) is 3.24. The fraction of sp³-hybridized carbons (Fsp3) is 1.00. The van der Waals surface area contributed by atoms with Crippen molar-refractivity contribution in [1.82, 2.24) is 5.32 Å². The second kappa shape index (κ2) is 8.47. The first kappa shape index (κ1) is 16.4. The number of hydrogen-bond donors (Lipinski definition) is 1. The van der Waals surface area contributed by atoms with Gasteiger partial charge >= 0.3 is 0 Å². The molecule has 108 valence electrons.